The summed E-state index contributed by atoms with van der Waals surface area (Å²) in [6.07, 6.45) is 3.34. The number of anilines is 1. The van der Waals surface area contributed by atoms with E-state index in [0.29, 0.717) is 71.2 Å². The summed E-state index contributed by atoms with van der Waals surface area (Å²) in [6, 6.07) is 13.8. The van der Waals surface area contributed by atoms with Crippen LogP contribution in [0.4, 0.5) is 15.3 Å². The van der Waals surface area contributed by atoms with Crippen molar-refractivity contribution in [3.63, 3.8) is 0 Å². The first kappa shape index (κ1) is 34.5. The Hall–Kier alpha value is -4.36. The van der Waals surface area contributed by atoms with E-state index >= 15 is 0 Å². The van der Waals surface area contributed by atoms with Crippen LogP contribution >= 0.6 is 0 Å². The molecule has 0 unspecified atom stereocenters. The van der Waals surface area contributed by atoms with Gasteiger partial charge in [0, 0.05) is 83.1 Å². The number of phenols is 1. The number of nitrogens with zero attached hydrogens (tertiary/aromatic N) is 5. The number of benzene rings is 2. The number of amides is 5. The minimum Gasteiger partial charge on any atom is -0.508 e. The van der Waals surface area contributed by atoms with Crippen LogP contribution in [-0.2, 0) is 27.3 Å². The highest BCUT2D eigenvalue weighted by Gasteiger charge is 2.36. The molecule has 0 aromatic heterocycles. The Kier molecular flexibility index (Phi) is 11.2. The van der Waals surface area contributed by atoms with Crippen molar-refractivity contribution in [1.82, 2.24) is 29.8 Å². The lowest BCUT2D eigenvalue weighted by Crippen LogP contribution is -2.58. The van der Waals surface area contributed by atoms with Crippen molar-refractivity contribution in [2.75, 3.05) is 70.8 Å². The molecule has 0 radical (unpaired) electrons. The fraction of sp³-hybridized carbons (Fsp3) is 0.556. The molecule has 0 aliphatic carbocycles. The highest BCUT2D eigenvalue weighted by atomic mass is 16.5. The summed E-state index contributed by atoms with van der Waals surface area (Å²) in [5, 5.41) is 15.8. The van der Waals surface area contributed by atoms with Gasteiger partial charge >= 0.3 is 18.0 Å². The average Bonchev–Trinajstić information content (AvgIpc) is 3.12. The number of likely N-dealkylation sites (tertiary alicyclic amines) is 2. The first-order valence-electron chi connectivity index (χ1n) is 17.7. The van der Waals surface area contributed by atoms with Crippen molar-refractivity contribution in [3.05, 3.63) is 59.7 Å². The maximum Gasteiger partial charge on any atom is 0.322 e. The largest absolute Gasteiger partial charge is 0.508 e. The van der Waals surface area contributed by atoms with Crippen molar-refractivity contribution >= 4 is 29.6 Å². The van der Waals surface area contributed by atoms with Gasteiger partial charge in [0.05, 0.1) is 13.2 Å². The number of carbonyl (C=O) groups excluding carboxylic acids is 4. The predicted octanol–water partition coefficient (Wildman–Crippen LogP) is 2.70. The van der Waals surface area contributed by atoms with Crippen LogP contribution in [0.15, 0.2) is 48.5 Å². The van der Waals surface area contributed by atoms with Crippen LogP contribution in [0.3, 0.4) is 0 Å². The van der Waals surface area contributed by atoms with Gasteiger partial charge in [-0.05, 0) is 61.9 Å². The highest BCUT2D eigenvalue weighted by molar-refractivity contribution is 5.92. The SMILES string of the molecule is CCOC(=O)CN1CCN(C2CCN(C(=O)[C@@H](Cc3ccc(O)cc3)NC(=O)N3CCC(N4Cc5ccccc5NC4=O)CC3)CC2)CC1. The van der Waals surface area contributed by atoms with Crippen LogP contribution in [0.2, 0.25) is 0 Å². The van der Waals surface area contributed by atoms with E-state index in [4.69, 9.17) is 4.74 Å². The Bertz CT molecular complexity index is 1460. The molecule has 2 aromatic rings. The third-order valence-electron chi connectivity index (χ3n) is 10.4. The quantitative estimate of drug-likeness (QED) is 0.345. The van der Waals surface area contributed by atoms with E-state index in [0.717, 1.165) is 55.8 Å². The van der Waals surface area contributed by atoms with Gasteiger partial charge in [-0.15, -0.1) is 0 Å². The number of para-hydroxylation sites is 1. The maximum atomic E-state index is 14.0. The van der Waals surface area contributed by atoms with Gasteiger partial charge in [0.1, 0.15) is 11.8 Å². The molecule has 0 spiro atoms. The predicted molar refractivity (Wildman–Crippen MR) is 184 cm³/mol. The van der Waals surface area contributed by atoms with Crippen molar-refractivity contribution in [3.8, 4) is 5.75 Å². The van der Waals surface area contributed by atoms with Gasteiger partial charge in [-0.25, -0.2) is 9.59 Å². The van der Waals surface area contributed by atoms with Gasteiger partial charge in [0.15, 0.2) is 0 Å². The molecule has 2 aromatic carbocycles. The van der Waals surface area contributed by atoms with E-state index in [1.54, 1.807) is 29.2 Å². The van der Waals surface area contributed by atoms with Crippen LogP contribution in [0.25, 0.3) is 0 Å². The molecule has 5 amide bonds. The highest BCUT2D eigenvalue weighted by Crippen LogP contribution is 2.28. The number of piperidine rings is 2. The van der Waals surface area contributed by atoms with E-state index in [1.807, 2.05) is 41.0 Å². The van der Waals surface area contributed by atoms with Crippen LogP contribution in [0, 0.1) is 0 Å². The van der Waals surface area contributed by atoms with Crippen LogP contribution in [-0.4, -0.2) is 137 Å². The molecule has 4 aliphatic heterocycles. The number of carbonyl (C=O) groups is 4. The molecule has 4 aliphatic rings. The van der Waals surface area contributed by atoms with Gasteiger partial charge in [0.2, 0.25) is 5.91 Å². The number of urea groups is 2. The Morgan fingerprint density at radius 3 is 2.22 bits per heavy atom. The fourth-order valence-electron chi connectivity index (χ4n) is 7.55. The number of ether oxygens (including phenoxy) is 1. The van der Waals surface area contributed by atoms with Crippen LogP contribution in [0.1, 0.15) is 43.7 Å². The summed E-state index contributed by atoms with van der Waals surface area (Å²) in [6.45, 7) is 8.67. The Morgan fingerprint density at radius 2 is 1.53 bits per heavy atom. The zero-order valence-electron chi connectivity index (χ0n) is 28.4. The number of fused-ring (bicyclic) bond motifs is 1. The Labute approximate surface area is 288 Å². The molecule has 0 bridgehead atoms. The van der Waals surface area contributed by atoms with Crippen molar-refractivity contribution in [2.24, 2.45) is 0 Å². The van der Waals surface area contributed by atoms with Crippen molar-refractivity contribution in [1.29, 1.82) is 0 Å². The lowest BCUT2D eigenvalue weighted by molar-refractivity contribution is -0.145. The van der Waals surface area contributed by atoms with Crippen molar-refractivity contribution in [2.45, 2.75) is 63.7 Å². The van der Waals surface area contributed by atoms with E-state index in [-0.39, 0.29) is 35.7 Å². The van der Waals surface area contributed by atoms with E-state index < -0.39 is 6.04 Å². The summed E-state index contributed by atoms with van der Waals surface area (Å²) < 4.78 is 5.10. The molecule has 13 heteroatoms. The fourth-order valence-corrected chi connectivity index (χ4v) is 7.55. The number of esters is 1. The van der Waals surface area contributed by atoms with Gasteiger partial charge in [-0.1, -0.05) is 30.3 Å². The number of rotatable bonds is 9. The second-order valence-corrected chi connectivity index (χ2v) is 13.5. The first-order valence-corrected chi connectivity index (χ1v) is 17.7. The molecule has 4 heterocycles. The lowest BCUT2D eigenvalue weighted by atomic mass is 9.99. The topological polar surface area (TPSA) is 138 Å². The Balaban J connectivity index is 1.02. The molecular formula is C36H49N7O6. The second-order valence-electron chi connectivity index (χ2n) is 13.5. The van der Waals surface area contributed by atoms with E-state index in [2.05, 4.69) is 20.4 Å². The lowest BCUT2D eigenvalue weighted by Gasteiger charge is -2.43. The molecule has 3 fully saturated rings. The minimum atomic E-state index is -0.748. The summed E-state index contributed by atoms with van der Waals surface area (Å²) >= 11 is 0. The number of phenolic OH excluding ortho intramolecular Hbond substituents is 1. The summed E-state index contributed by atoms with van der Waals surface area (Å²) in [7, 11) is 0. The van der Waals surface area contributed by atoms with Gasteiger partial charge in [-0.3, -0.25) is 19.4 Å². The molecule has 49 heavy (non-hydrogen) atoms. The van der Waals surface area contributed by atoms with Gasteiger partial charge in [-0.2, -0.15) is 0 Å². The molecule has 3 saturated heterocycles. The molecule has 0 saturated carbocycles. The van der Waals surface area contributed by atoms with Crippen molar-refractivity contribution < 1.29 is 29.0 Å². The number of nitrogens with one attached hydrogen (secondary N) is 2. The number of piperazine rings is 1. The van der Waals surface area contributed by atoms with Crippen LogP contribution in [0.5, 0.6) is 5.75 Å². The summed E-state index contributed by atoms with van der Waals surface area (Å²) in [5.41, 5.74) is 2.78. The second kappa shape index (κ2) is 15.9. The van der Waals surface area contributed by atoms with E-state index in [1.165, 1.54) is 0 Å². The number of aromatic hydroxyl groups is 1. The third-order valence-corrected chi connectivity index (χ3v) is 10.4. The number of hydrogen-bond donors (Lipinski definition) is 3. The maximum absolute atomic E-state index is 14.0. The molecule has 6 rings (SSSR count). The third kappa shape index (κ3) is 8.63. The summed E-state index contributed by atoms with van der Waals surface area (Å²) in [5.74, 6) is -0.134. The minimum absolute atomic E-state index is 0.0219. The molecule has 1 atom stereocenters. The molecule has 264 valence electrons. The zero-order valence-corrected chi connectivity index (χ0v) is 28.4. The average molecular weight is 676 g/mol. The summed E-state index contributed by atoms with van der Waals surface area (Å²) in [4.78, 5) is 62.4. The molecule has 3 N–H and O–H groups in total. The zero-order chi connectivity index (χ0) is 34.3. The molecular weight excluding hydrogens is 626 g/mol. The van der Waals surface area contributed by atoms with Crippen LogP contribution < -0.4 is 10.6 Å². The normalized spacial score (nSPS) is 20.3. The van der Waals surface area contributed by atoms with Gasteiger partial charge in [0.25, 0.3) is 0 Å². The van der Waals surface area contributed by atoms with E-state index in [9.17, 15) is 24.3 Å². The monoisotopic (exact) mass is 675 g/mol. The first-order chi connectivity index (χ1) is 23.8. The van der Waals surface area contributed by atoms with Gasteiger partial charge < -0.3 is 35.2 Å². The molecule has 13 nitrogen and oxygen atoms in total. The number of hydrogen-bond acceptors (Lipinski definition) is 8. The standard InChI is InChI=1S/C36H49N7O6/c1-2-49-33(45)25-39-19-21-40(22-20-39)28-11-15-41(16-12-28)34(46)32(23-26-7-9-30(44)10-8-26)38-35(47)42-17-13-29(14-18-42)43-24-27-5-3-4-6-31(27)37-36(43)48/h3-10,28-29,32,44H,2,11-25H2,1H3,(H,37,48)(H,38,47)/t32-/m1/s1. The Morgan fingerprint density at radius 1 is 0.878 bits per heavy atom. The smallest absolute Gasteiger partial charge is 0.322 e.